The maximum Gasteiger partial charge on any atom is 0.326 e. The first-order valence-corrected chi connectivity index (χ1v) is 9.79. The van der Waals surface area contributed by atoms with Crippen molar-refractivity contribution >= 4 is 11.9 Å². The van der Waals surface area contributed by atoms with Crippen LogP contribution in [-0.2, 0) is 9.59 Å². The lowest BCUT2D eigenvalue weighted by Crippen LogP contribution is -2.46. The van der Waals surface area contributed by atoms with E-state index in [2.05, 4.69) is 0 Å². The number of fused-ring (bicyclic) bond motifs is 1. The molecule has 142 valence electrons. The van der Waals surface area contributed by atoms with E-state index in [0.29, 0.717) is 25.4 Å². The number of likely N-dealkylation sites (tertiary alicyclic amines) is 1. The van der Waals surface area contributed by atoms with Crippen LogP contribution in [0.3, 0.4) is 0 Å². The number of hydrogen-bond donors (Lipinski definition) is 1. The number of nitrogens with zero attached hydrogens (tertiary/aromatic N) is 1. The van der Waals surface area contributed by atoms with E-state index < -0.39 is 12.0 Å². The second-order valence-electron chi connectivity index (χ2n) is 7.62. The summed E-state index contributed by atoms with van der Waals surface area (Å²) in [5, 5.41) is 9.52. The molecule has 1 amide bonds. The van der Waals surface area contributed by atoms with Gasteiger partial charge in [-0.2, -0.15) is 0 Å². The van der Waals surface area contributed by atoms with Gasteiger partial charge in [-0.3, -0.25) is 4.79 Å². The van der Waals surface area contributed by atoms with Crippen molar-refractivity contribution in [3.05, 3.63) is 29.8 Å². The molecule has 1 aliphatic carbocycles. The number of carbonyl (C=O) groups excluding carboxylic acids is 1. The molecule has 0 radical (unpaired) electrons. The molecule has 1 heterocycles. The zero-order valence-corrected chi connectivity index (χ0v) is 15.5. The maximum absolute atomic E-state index is 12.7. The standard InChI is InChI=1S/C21H29NO4/c1-15-7-6-9-17(13-15)26-12-5-4-11-20(23)22-18-10-3-2-8-16(18)14-19(22)21(24)25/h6-7,9,13,16,18-19H,2-5,8,10-12,14H2,1H3,(H,24,25). The fourth-order valence-electron chi connectivity index (χ4n) is 4.44. The number of rotatable bonds is 7. The largest absolute Gasteiger partial charge is 0.494 e. The minimum absolute atomic E-state index is 0.00218. The second kappa shape index (κ2) is 8.56. The topological polar surface area (TPSA) is 66.8 Å². The summed E-state index contributed by atoms with van der Waals surface area (Å²) in [5.41, 5.74) is 1.16. The number of benzene rings is 1. The van der Waals surface area contributed by atoms with Gasteiger partial charge in [0, 0.05) is 12.5 Å². The van der Waals surface area contributed by atoms with Gasteiger partial charge >= 0.3 is 5.97 Å². The van der Waals surface area contributed by atoms with Gasteiger partial charge in [-0.05, 0) is 62.6 Å². The van der Waals surface area contributed by atoms with E-state index in [1.54, 1.807) is 4.90 Å². The smallest absolute Gasteiger partial charge is 0.326 e. The van der Waals surface area contributed by atoms with Crippen LogP contribution in [0, 0.1) is 12.8 Å². The number of aliphatic carboxylic acids is 1. The van der Waals surface area contributed by atoms with Gasteiger partial charge in [0.1, 0.15) is 11.8 Å². The van der Waals surface area contributed by atoms with Gasteiger partial charge < -0.3 is 14.7 Å². The van der Waals surface area contributed by atoms with Crippen LogP contribution in [-0.4, -0.2) is 40.6 Å². The molecule has 5 nitrogen and oxygen atoms in total. The molecule has 3 atom stereocenters. The Morgan fingerprint density at radius 1 is 1.23 bits per heavy atom. The van der Waals surface area contributed by atoms with Gasteiger partial charge in [0.05, 0.1) is 6.61 Å². The second-order valence-corrected chi connectivity index (χ2v) is 7.62. The van der Waals surface area contributed by atoms with Crippen LogP contribution < -0.4 is 4.74 Å². The molecule has 0 spiro atoms. The van der Waals surface area contributed by atoms with Crippen molar-refractivity contribution in [3.63, 3.8) is 0 Å². The number of carboxylic acids is 1. The lowest BCUT2D eigenvalue weighted by atomic mass is 9.84. The molecular formula is C21H29NO4. The summed E-state index contributed by atoms with van der Waals surface area (Å²) < 4.78 is 5.72. The highest BCUT2D eigenvalue weighted by Crippen LogP contribution is 2.40. The molecule has 26 heavy (non-hydrogen) atoms. The molecule has 3 rings (SSSR count). The summed E-state index contributed by atoms with van der Waals surface area (Å²) in [6, 6.07) is 7.44. The van der Waals surface area contributed by atoms with Crippen molar-refractivity contribution in [1.82, 2.24) is 4.90 Å². The highest BCUT2D eigenvalue weighted by Gasteiger charge is 2.47. The molecule has 3 unspecified atom stereocenters. The molecule has 1 saturated carbocycles. The minimum Gasteiger partial charge on any atom is -0.494 e. The number of hydrogen-bond acceptors (Lipinski definition) is 3. The van der Waals surface area contributed by atoms with Crippen molar-refractivity contribution in [3.8, 4) is 5.75 Å². The normalized spacial score (nSPS) is 25.0. The van der Waals surface area contributed by atoms with E-state index in [4.69, 9.17) is 4.74 Å². The number of carboxylic acid groups (broad SMARTS) is 1. The number of ether oxygens (including phenoxy) is 1. The zero-order valence-electron chi connectivity index (χ0n) is 15.5. The van der Waals surface area contributed by atoms with Crippen molar-refractivity contribution < 1.29 is 19.4 Å². The number of aryl methyl sites for hydroxylation is 1. The van der Waals surface area contributed by atoms with E-state index in [-0.39, 0.29) is 11.9 Å². The summed E-state index contributed by atoms with van der Waals surface area (Å²) >= 11 is 0. The Kier molecular flexibility index (Phi) is 6.17. The lowest BCUT2D eigenvalue weighted by molar-refractivity contribution is -0.150. The molecule has 1 saturated heterocycles. The van der Waals surface area contributed by atoms with Gasteiger partial charge in [-0.25, -0.2) is 4.79 Å². The summed E-state index contributed by atoms with van der Waals surface area (Å²) in [7, 11) is 0. The third-order valence-corrected chi connectivity index (χ3v) is 5.70. The van der Waals surface area contributed by atoms with E-state index >= 15 is 0 Å². The van der Waals surface area contributed by atoms with Gasteiger partial charge in [-0.15, -0.1) is 0 Å². The zero-order chi connectivity index (χ0) is 18.5. The number of carbonyl (C=O) groups is 2. The molecule has 5 heteroatoms. The van der Waals surface area contributed by atoms with Crippen LogP contribution in [0.4, 0.5) is 0 Å². The Bertz CT molecular complexity index is 645. The van der Waals surface area contributed by atoms with Crippen LogP contribution in [0.1, 0.15) is 56.9 Å². The van der Waals surface area contributed by atoms with E-state index in [9.17, 15) is 14.7 Å². The number of amides is 1. The average molecular weight is 359 g/mol. The Balaban J connectivity index is 1.46. The van der Waals surface area contributed by atoms with Crippen molar-refractivity contribution in [2.75, 3.05) is 6.61 Å². The third kappa shape index (κ3) is 4.37. The monoisotopic (exact) mass is 359 g/mol. The summed E-state index contributed by atoms with van der Waals surface area (Å²) in [4.78, 5) is 26.0. The molecule has 1 N–H and O–H groups in total. The minimum atomic E-state index is -0.851. The molecule has 2 aliphatic rings. The average Bonchev–Trinajstić information content (AvgIpc) is 3.01. The lowest BCUT2D eigenvalue weighted by Gasteiger charge is -2.33. The highest BCUT2D eigenvalue weighted by molar-refractivity contribution is 5.84. The van der Waals surface area contributed by atoms with Crippen LogP contribution in [0.5, 0.6) is 5.75 Å². The first-order valence-electron chi connectivity index (χ1n) is 9.79. The van der Waals surface area contributed by atoms with Gasteiger partial charge in [-0.1, -0.05) is 25.0 Å². The fourth-order valence-corrected chi connectivity index (χ4v) is 4.44. The van der Waals surface area contributed by atoms with E-state index in [0.717, 1.165) is 49.8 Å². The van der Waals surface area contributed by atoms with E-state index in [1.807, 2.05) is 31.2 Å². The van der Waals surface area contributed by atoms with E-state index in [1.165, 1.54) is 0 Å². The molecule has 2 fully saturated rings. The molecular weight excluding hydrogens is 330 g/mol. The summed E-state index contributed by atoms with van der Waals surface area (Å²) in [5.74, 6) is 0.378. The van der Waals surface area contributed by atoms with Crippen LogP contribution in [0.15, 0.2) is 24.3 Å². The third-order valence-electron chi connectivity index (χ3n) is 5.70. The summed E-state index contributed by atoms with van der Waals surface area (Å²) in [6.07, 6.45) is 6.82. The first-order chi connectivity index (χ1) is 12.6. The summed E-state index contributed by atoms with van der Waals surface area (Å²) in [6.45, 7) is 2.60. The maximum atomic E-state index is 12.7. The first kappa shape index (κ1) is 18.7. The predicted molar refractivity (Wildman–Crippen MR) is 99.2 cm³/mol. The van der Waals surface area contributed by atoms with Gasteiger partial charge in [0.15, 0.2) is 0 Å². The van der Waals surface area contributed by atoms with Crippen molar-refractivity contribution in [2.24, 2.45) is 5.92 Å². The molecule has 0 bridgehead atoms. The number of unbranched alkanes of at least 4 members (excludes halogenated alkanes) is 1. The quantitative estimate of drug-likeness (QED) is 0.752. The van der Waals surface area contributed by atoms with Gasteiger partial charge in [0.25, 0.3) is 0 Å². The molecule has 1 aromatic rings. The van der Waals surface area contributed by atoms with Crippen LogP contribution >= 0.6 is 0 Å². The van der Waals surface area contributed by atoms with Crippen molar-refractivity contribution in [2.45, 2.75) is 70.4 Å². The van der Waals surface area contributed by atoms with Crippen LogP contribution in [0.2, 0.25) is 0 Å². The molecule has 0 aromatic heterocycles. The van der Waals surface area contributed by atoms with Crippen LogP contribution in [0.25, 0.3) is 0 Å². The van der Waals surface area contributed by atoms with Gasteiger partial charge in [0.2, 0.25) is 5.91 Å². The van der Waals surface area contributed by atoms with Crippen molar-refractivity contribution in [1.29, 1.82) is 0 Å². The molecule has 1 aromatic carbocycles. The Hall–Kier alpha value is -2.04. The highest BCUT2D eigenvalue weighted by atomic mass is 16.5. The predicted octanol–water partition coefficient (Wildman–Crippen LogP) is 3.79. The Morgan fingerprint density at radius 2 is 2.04 bits per heavy atom. The Morgan fingerprint density at radius 3 is 2.81 bits per heavy atom. The SMILES string of the molecule is Cc1cccc(OCCCCC(=O)N2C(C(=O)O)CC3CCCCC32)c1. The Labute approximate surface area is 155 Å². The molecule has 1 aliphatic heterocycles. The fraction of sp³-hybridized carbons (Fsp3) is 0.619.